The van der Waals surface area contributed by atoms with Crippen LogP contribution in [0.25, 0.3) is 21.3 Å². The lowest BCUT2D eigenvalue weighted by molar-refractivity contribution is 0.0606. The number of thiophene rings is 1. The lowest BCUT2D eigenvalue weighted by atomic mass is 10.1. The van der Waals surface area contributed by atoms with Crippen molar-refractivity contribution in [3.05, 3.63) is 69.1 Å². The standard InChI is InChI=1S/C20H13Cl2N3O3S/c1-28-20(27)18-17(22)13-7-6-12(8-16(13)29-18)23-19(26)15-9-14(24-25-15)10-2-4-11(21)5-3-10/h2-9H,1H3,(H,23,26)(H,24,25). The van der Waals surface area contributed by atoms with Crippen molar-refractivity contribution in [3.8, 4) is 11.3 Å². The van der Waals surface area contributed by atoms with Crippen molar-refractivity contribution in [2.75, 3.05) is 12.4 Å². The fraction of sp³-hybridized carbons (Fsp3) is 0.0500. The molecule has 2 heterocycles. The van der Waals surface area contributed by atoms with Crippen molar-refractivity contribution in [2.24, 2.45) is 0 Å². The van der Waals surface area contributed by atoms with E-state index in [4.69, 9.17) is 27.9 Å². The monoisotopic (exact) mass is 445 g/mol. The second kappa shape index (κ2) is 7.87. The first kappa shape index (κ1) is 19.4. The van der Waals surface area contributed by atoms with E-state index < -0.39 is 5.97 Å². The van der Waals surface area contributed by atoms with Crippen LogP contribution in [0.5, 0.6) is 0 Å². The van der Waals surface area contributed by atoms with Crippen molar-refractivity contribution < 1.29 is 14.3 Å². The molecule has 2 N–H and O–H groups in total. The van der Waals surface area contributed by atoms with Gasteiger partial charge in [0.05, 0.1) is 17.8 Å². The van der Waals surface area contributed by atoms with Crippen molar-refractivity contribution >= 4 is 62.2 Å². The minimum Gasteiger partial charge on any atom is -0.465 e. The molecule has 0 spiro atoms. The van der Waals surface area contributed by atoms with Gasteiger partial charge in [0.25, 0.3) is 5.91 Å². The Balaban J connectivity index is 1.56. The van der Waals surface area contributed by atoms with Gasteiger partial charge in [0.2, 0.25) is 0 Å². The Kier molecular flexibility index (Phi) is 5.27. The molecule has 9 heteroatoms. The number of esters is 1. The number of nitrogens with zero attached hydrogens (tertiary/aromatic N) is 1. The number of aromatic nitrogens is 2. The molecule has 0 saturated heterocycles. The number of rotatable bonds is 4. The molecule has 0 aliphatic carbocycles. The molecule has 2 aromatic carbocycles. The van der Waals surface area contributed by atoms with Crippen molar-refractivity contribution in [3.63, 3.8) is 0 Å². The maximum atomic E-state index is 12.6. The molecule has 6 nitrogen and oxygen atoms in total. The highest BCUT2D eigenvalue weighted by Crippen LogP contribution is 2.37. The Morgan fingerprint density at radius 2 is 1.86 bits per heavy atom. The van der Waals surface area contributed by atoms with Crippen LogP contribution in [0.4, 0.5) is 5.69 Å². The van der Waals surface area contributed by atoms with Gasteiger partial charge in [-0.2, -0.15) is 5.10 Å². The van der Waals surface area contributed by atoms with Gasteiger partial charge in [-0.3, -0.25) is 9.89 Å². The molecule has 0 unspecified atom stereocenters. The van der Waals surface area contributed by atoms with Crippen LogP contribution in [0.2, 0.25) is 10.0 Å². The van der Waals surface area contributed by atoms with E-state index in [0.29, 0.717) is 32.0 Å². The van der Waals surface area contributed by atoms with Crippen molar-refractivity contribution in [1.82, 2.24) is 10.2 Å². The van der Waals surface area contributed by atoms with Crippen LogP contribution in [-0.4, -0.2) is 29.2 Å². The van der Waals surface area contributed by atoms with Gasteiger partial charge in [0.15, 0.2) is 0 Å². The molecular formula is C20H13Cl2N3O3S. The molecule has 0 bridgehead atoms. The highest BCUT2D eigenvalue weighted by molar-refractivity contribution is 7.21. The van der Waals surface area contributed by atoms with Crippen molar-refractivity contribution in [1.29, 1.82) is 0 Å². The number of benzene rings is 2. The van der Waals surface area contributed by atoms with Crippen LogP contribution in [0.3, 0.4) is 0 Å². The molecule has 0 aliphatic heterocycles. The Hall–Kier alpha value is -2.87. The minimum atomic E-state index is -0.492. The number of aromatic amines is 1. The van der Waals surface area contributed by atoms with E-state index in [2.05, 4.69) is 15.5 Å². The highest BCUT2D eigenvalue weighted by atomic mass is 35.5. The zero-order valence-electron chi connectivity index (χ0n) is 15.0. The summed E-state index contributed by atoms with van der Waals surface area (Å²) < 4.78 is 5.51. The molecular weight excluding hydrogens is 433 g/mol. The number of methoxy groups -OCH3 is 1. The average molecular weight is 446 g/mol. The summed E-state index contributed by atoms with van der Waals surface area (Å²) in [6.07, 6.45) is 0. The number of fused-ring (bicyclic) bond motifs is 1. The molecule has 0 saturated carbocycles. The van der Waals surface area contributed by atoms with E-state index in [9.17, 15) is 9.59 Å². The number of carbonyl (C=O) groups excluding carboxylic acids is 2. The molecule has 0 radical (unpaired) electrons. The van der Waals surface area contributed by atoms with Crippen LogP contribution in [0.15, 0.2) is 48.5 Å². The molecule has 146 valence electrons. The largest absolute Gasteiger partial charge is 0.465 e. The van der Waals surface area contributed by atoms with Gasteiger partial charge >= 0.3 is 5.97 Å². The lowest BCUT2D eigenvalue weighted by Crippen LogP contribution is -2.12. The third-order valence-electron chi connectivity index (χ3n) is 4.22. The Bertz CT molecular complexity index is 1230. The number of amides is 1. The molecule has 4 rings (SSSR count). The minimum absolute atomic E-state index is 0.314. The zero-order chi connectivity index (χ0) is 20.5. The molecule has 2 aromatic heterocycles. The van der Waals surface area contributed by atoms with Crippen LogP contribution in [0.1, 0.15) is 20.2 Å². The number of nitrogens with one attached hydrogen (secondary N) is 2. The third kappa shape index (κ3) is 3.85. The molecule has 1 amide bonds. The summed E-state index contributed by atoms with van der Waals surface area (Å²) in [5.74, 6) is -0.832. The van der Waals surface area contributed by atoms with E-state index in [1.807, 2.05) is 12.1 Å². The van der Waals surface area contributed by atoms with Gasteiger partial charge < -0.3 is 10.1 Å². The topological polar surface area (TPSA) is 84.1 Å². The number of carbonyl (C=O) groups is 2. The normalized spacial score (nSPS) is 10.9. The molecule has 0 fully saturated rings. The number of anilines is 1. The number of halogens is 2. The fourth-order valence-electron chi connectivity index (χ4n) is 2.77. The maximum Gasteiger partial charge on any atom is 0.349 e. The molecule has 29 heavy (non-hydrogen) atoms. The van der Waals surface area contributed by atoms with Crippen molar-refractivity contribution in [2.45, 2.75) is 0 Å². The second-order valence-corrected chi connectivity index (χ2v) is 7.94. The summed E-state index contributed by atoms with van der Waals surface area (Å²) in [7, 11) is 1.30. The lowest BCUT2D eigenvalue weighted by Gasteiger charge is -2.03. The van der Waals surface area contributed by atoms with E-state index in [1.54, 1.807) is 36.4 Å². The first-order valence-corrected chi connectivity index (χ1v) is 9.96. The van der Waals surface area contributed by atoms with E-state index >= 15 is 0 Å². The predicted molar refractivity (Wildman–Crippen MR) is 115 cm³/mol. The Morgan fingerprint density at radius 1 is 1.10 bits per heavy atom. The SMILES string of the molecule is COC(=O)c1sc2cc(NC(=O)c3cc(-c4ccc(Cl)cc4)n[nH]3)ccc2c1Cl. The summed E-state index contributed by atoms with van der Waals surface area (Å²) in [5.41, 5.74) is 2.36. The quantitative estimate of drug-likeness (QED) is 0.398. The third-order valence-corrected chi connectivity index (χ3v) is 6.11. The van der Waals surface area contributed by atoms with Gasteiger partial charge in [-0.15, -0.1) is 11.3 Å². The van der Waals surface area contributed by atoms with Crippen LogP contribution >= 0.6 is 34.5 Å². The Morgan fingerprint density at radius 3 is 2.59 bits per heavy atom. The summed E-state index contributed by atoms with van der Waals surface area (Å²) in [5, 5.41) is 11.4. The number of hydrogen-bond donors (Lipinski definition) is 2. The first-order chi connectivity index (χ1) is 14.0. The van der Waals surface area contributed by atoms with Gasteiger partial charge in [0.1, 0.15) is 10.6 Å². The van der Waals surface area contributed by atoms with Gasteiger partial charge in [-0.1, -0.05) is 35.3 Å². The maximum absolute atomic E-state index is 12.6. The molecule has 0 atom stereocenters. The van der Waals surface area contributed by atoms with Crippen LogP contribution in [0, 0.1) is 0 Å². The van der Waals surface area contributed by atoms with E-state index in [1.165, 1.54) is 18.4 Å². The average Bonchev–Trinajstić information content (AvgIpc) is 3.33. The van der Waals surface area contributed by atoms with Gasteiger partial charge in [-0.05, 0) is 36.4 Å². The Labute approximate surface area is 179 Å². The van der Waals surface area contributed by atoms with Gasteiger partial charge in [-0.25, -0.2) is 4.79 Å². The summed E-state index contributed by atoms with van der Waals surface area (Å²) in [6, 6.07) is 14.1. The fourth-order valence-corrected chi connectivity index (χ4v) is 4.36. The van der Waals surface area contributed by atoms with Crippen LogP contribution < -0.4 is 5.32 Å². The zero-order valence-corrected chi connectivity index (χ0v) is 17.3. The second-order valence-electron chi connectivity index (χ2n) is 6.08. The highest BCUT2D eigenvalue weighted by Gasteiger charge is 2.18. The van der Waals surface area contributed by atoms with Gasteiger partial charge in [0, 0.05) is 26.4 Å². The van der Waals surface area contributed by atoms with Crippen LogP contribution in [-0.2, 0) is 4.74 Å². The number of ether oxygens (including phenoxy) is 1. The van der Waals surface area contributed by atoms with E-state index in [0.717, 1.165) is 15.6 Å². The smallest absolute Gasteiger partial charge is 0.349 e. The number of hydrogen-bond acceptors (Lipinski definition) is 5. The van der Waals surface area contributed by atoms with E-state index in [-0.39, 0.29) is 5.91 Å². The summed E-state index contributed by atoms with van der Waals surface area (Å²) in [4.78, 5) is 24.7. The number of H-pyrrole nitrogens is 1. The molecule has 0 aliphatic rings. The first-order valence-electron chi connectivity index (χ1n) is 8.39. The summed E-state index contributed by atoms with van der Waals surface area (Å²) >= 11 is 13.4. The summed E-state index contributed by atoms with van der Waals surface area (Å²) in [6.45, 7) is 0. The predicted octanol–water partition coefficient (Wildman–Crippen LogP) is 5.64. The molecule has 4 aromatic rings.